The van der Waals surface area contributed by atoms with Gasteiger partial charge in [-0.15, -0.1) is 0 Å². The molecule has 0 unspecified atom stereocenters. The molecule has 138 valence electrons. The average Bonchev–Trinajstić information content (AvgIpc) is 2.95. The molecule has 0 aromatic rings. The van der Waals surface area contributed by atoms with Gasteiger partial charge in [0.05, 0.1) is 25.3 Å². The lowest BCUT2D eigenvalue weighted by molar-refractivity contribution is -0.127. The number of imide groups is 2. The van der Waals surface area contributed by atoms with E-state index in [2.05, 4.69) is 13.2 Å². The number of nitrogens with zero attached hydrogens (tertiary/aromatic N) is 2. The second-order valence-corrected chi connectivity index (χ2v) is 5.91. The summed E-state index contributed by atoms with van der Waals surface area (Å²) in [5.41, 5.74) is 0.169. The van der Waals surface area contributed by atoms with Crippen LogP contribution in [-0.2, 0) is 14.3 Å². The Balaban J connectivity index is 2.71. The van der Waals surface area contributed by atoms with Crippen LogP contribution in [0.2, 0.25) is 0 Å². The van der Waals surface area contributed by atoms with E-state index in [0.717, 1.165) is 0 Å². The highest BCUT2D eigenvalue weighted by Gasteiger charge is 2.34. The van der Waals surface area contributed by atoms with Gasteiger partial charge in [0.1, 0.15) is 0 Å². The van der Waals surface area contributed by atoms with E-state index in [1.807, 2.05) is 0 Å². The molecule has 9 nitrogen and oxygen atoms in total. The summed E-state index contributed by atoms with van der Waals surface area (Å²) in [6.45, 7) is 9.31. The summed E-state index contributed by atoms with van der Waals surface area (Å²) in [6, 6.07) is 0. The SMILES string of the molecule is C=C(C)C(=O)N(C[C@H]1CC[C@@H](CN(C(=O)O)C(=O)C(=C)C)O1)C(=O)O. The molecule has 2 atom stereocenters. The number of carbonyl (C=O) groups excluding carboxylic acids is 2. The summed E-state index contributed by atoms with van der Waals surface area (Å²) in [5, 5.41) is 18.3. The minimum atomic E-state index is -1.41. The lowest BCUT2D eigenvalue weighted by Crippen LogP contribution is -2.43. The molecule has 0 radical (unpaired) electrons. The third-order valence-corrected chi connectivity index (χ3v) is 3.65. The van der Waals surface area contributed by atoms with Crippen molar-refractivity contribution in [1.82, 2.24) is 9.80 Å². The maximum Gasteiger partial charge on any atom is 0.414 e. The molecule has 0 aliphatic carbocycles. The molecular weight excluding hydrogens is 332 g/mol. The van der Waals surface area contributed by atoms with Gasteiger partial charge < -0.3 is 14.9 Å². The van der Waals surface area contributed by atoms with Gasteiger partial charge in [0.25, 0.3) is 11.8 Å². The molecule has 0 aromatic carbocycles. The first-order chi connectivity index (χ1) is 11.5. The van der Waals surface area contributed by atoms with Crippen molar-refractivity contribution >= 4 is 24.0 Å². The molecule has 1 saturated heterocycles. The van der Waals surface area contributed by atoms with Crippen molar-refractivity contribution in [1.29, 1.82) is 0 Å². The molecule has 1 aliphatic rings. The maximum atomic E-state index is 11.8. The summed E-state index contributed by atoms with van der Waals surface area (Å²) < 4.78 is 5.61. The van der Waals surface area contributed by atoms with Crippen molar-refractivity contribution in [3.05, 3.63) is 24.3 Å². The Morgan fingerprint density at radius 3 is 1.44 bits per heavy atom. The van der Waals surface area contributed by atoms with Gasteiger partial charge in [-0.05, 0) is 26.7 Å². The van der Waals surface area contributed by atoms with Crippen molar-refractivity contribution < 1.29 is 34.1 Å². The molecule has 0 spiro atoms. The standard InChI is InChI=1S/C16H22N2O7/c1-9(2)13(19)17(15(21)22)7-11-5-6-12(25-11)8-18(16(23)24)14(20)10(3)4/h11-12H,1,3,5-8H2,2,4H3,(H,21,22)(H,23,24)/t11-,12+. The molecule has 4 amide bonds. The van der Waals surface area contributed by atoms with Gasteiger partial charge in [-0.1, -0.05) is 13.2 Å². The predicted octanol–water partition coefficient (Wildman–Crippen LogP) is 1.70. The molecule has 0 saturated carbocycles. The van der Waals surface area contributed by atoms with Gasteiger partial charge in [0.15, 0.2) is 0 Å². The van der Waals surface area contributed by atoms with Crippen LogP contribution in [0.15, 0.2) is 24.3 Å². The molecule has 1 heterocycles. The quantitative estimate of drug-likeness (QED) is 0.696. The highest BCUT2D eigenvalue weighted by molar-refractivity contribution is 6.01. The van der Waals surface area contributed by atoms with Gasteiger partial charge in [-0.25, -0.2) is 19.4 Å². The summed E-state index contributed by atoms with van der Waals surface area (Å²) in [7, 11) is 0. The number of hydrogen-bond donors (Lipinski definition) is 2. The van der Waals surface area contributed by atoms with E-state index in [-0.39, 0.29) is 24.2 Å². The highest BCUT2D eigenvalue weighted by Crippen LogP contribution is 2.22. The number of ether oxygens (including phenoxy) is 1. The first-order valence-electron chi connectivity index (χ1n) is 7.60. The van der Waals surface area contributed by atoms with Crippen LogP contribution in [0.3, 0.4) is 0 Å². The summed E-state index contributed by atoms with van der Waals surface area (Å²) >= 11 is 0. The monoisotopic (exact) mass is 354 g/mol. The maximum absolute atomic E-state index is 11.8. The number of rotatable bonds is 6. The van der Waals surface area contributed by atoms with E-state index >= 15 is 0 Å². The minimum absolute atomic E-state index is 0.0843. The largest absolute Gasteiger partial charge is 0.465 e. The Morgan fingerprint density at radius 2 is 1.20 bits per heavy atom. The third kappa shape index (κ3) is 5.42. The van der Waals surface area contributed by atoms with Crippen LogP contribution in [0.4, 0.5) is 9.59 Å². The van der Waals surface area contributed by atoms with Crippen LogP contribution in [0.25, 0.3) is 0 Å². The lowest BCUT2D eigenvalue weighted by atomic mass is 10.1. The molecule has 2 N–H and O–H groups in total. The van der Waals surface area contributed by atoms with Crippen molar-refractivity contribution in [3.8, 4) is 0 Å². The zero-order valence-electron chi connectivity index (χ0n) is 14.2. The summed E-state index contributed by atoms with van der Waals surface area (Å²) in [5.74, 6) is -1.44. The topological polar surface area (TPSA) is 124 Å². The number of hydrogen-bond acceptors (Lipinski definition) is 5. The molecule has 9 heteroatoms. The molecular formula is C16H22N2O7. The van der Waals surface area contributed by atoms with Crippen molar-refractivity contribution in [2.24, 2.45) is 0 Å². The first kappa shape index (κ1) is 20.4. The second-order valence-electron chi connectivity index (χ2n) is 5.91. The fraction of sp³-hybridized carbons (Fsp3) is 0.500. The Morgan fingerprint density at radius 1 is 0.880 bits per heavy atom. The van der Waals surface area contributed by atoms with Gasteiger partial charge in [0.2, 0.25) is 0 Å². The van der Waals surface area contributed by atoms with Gasteiger partial charge in [-0.3, -0.25) is 9.59 Å². The highest BCUT2D eigenvalue weighted by atomic mass is 16.5. The fourth-order valence-corrected chi connectivity index (χ4v) is 2.41. The number of carboxylic acid groups (broad SMARTS) is 2. The first-order valence-corrected chi connectivity index (χ1v) is 7.60. The van der Waals surface area contributed by atoms with Crippen LogP contribution < -0.4 is 0 Å². The van der Waals surface area contributed by atoms with E-state index in [0.29, 0.717) is 22.6 Å². The van der Waals surface area contributed by atoms with Crippen LogP contribution >= 0.6 is 0 Å². The normalized spacial score (nSPS) is 19.1. The number of amides is 4. The van der Waals surface area contributed by atoms with Gasteiger partial charge >= 0.3 is 12.2 Å². The van der Waals surface area contributed by atoms with Crippen LogP contribution in [-0.4, -0.2) is 69.3 Å². The van der Waals surface area contributed by atoms with Crippen LogP contribution in [0, 0.1) is 0 Å². The van der Waals surface area contributed by atoms with E-state index in [4.69, 9.17) is 14.9 Å². The van der Waals surface area contributed by atoms with Crippen LogP contribution in [0.1, 0.15) is 26.7 Å². The number of carbonyl (C=O) groups is 4. The Kier molecular flexibility index (Phi) is 6.86. The third-order valence-electron chi connectivity index (χ3n) is 3.65. The van der Waals surface area contributed by atoms with Crippen molar-refractivity contribution in [3.63, 3.8) is 0 Å². The Bertz CT molecular complexity index is 562. The predicted molar refractivity (Wildman–Crippen MR) is 87.0 cm³/mol. The molecule has 0 aromatic heterocycles. The lowest BCUT2D eigenvalue weighted by Gasteiger charge is -2.23. The van der Waals surface area contributed by atoms with Crippen LogP contribution in [0.5, 0.6) is 0 Å². The summed E-state index contributed by atoms with van der Waals surface area (Å²) in [4.78, 5) is 47.3. The molecule has 25 heavy (non-hydrogen) atoms. The second kappa shape index (κ2) is 8.43. The van der Waals surface area contributed by atoms with Gasteiger partial charge in [0, 0.05) is 11.1 Å². The van der Waals surface area contributed by atoms with E-state index in [9.17, 15) is 19.2 Å². The Labute approximate surface area is 145 Å². The molecule has 1 aliphatic heterocycles. The van der Waals surface area contributed by atoms with E-state index in [1.165, 1.54) is 13.8 Å². The fourth-order valence-electron chi connectivity index (χ4n) is 2.41. The smallest absolute Gasteiger partial charge is 0.414 e. The minimum Gasteiger partial charge on any atom is -0.465 e. The molecule has 0 bridgehead atoms. The van der Waals surface area contributed by atoms with E-state index in [1.54, 1.807) is 0 Å². The van der Waals surface area contributed by atoms with E-state index < -0.39 is 36.2 Å². The molecule has 1 rings (SSSR count). The average molecular weight is 354 g/mol. The summed E-state index contributed by atoms with van der Waals surface area (Å²) in [6.07, 6.45) is -3.09. The molecule has 1 fully saturated rings. The van der Waals surface area contributed by atoms with Crippen molar-refractivity contribution in [2.75, 3.05) is 13.1 Å². The zero-order valence-corrected chi connectivity index (χ0v) is 14.2. The zero-order chi connectivity index (χ0) is 19.3. The van der Waals surface area contributed by atoms with Gasteiger partial charge in [-0.2, -0.15) is 0 Å². The van der Waals surface area contributed by atoms with Crippen molar-refractivity contribution in [2.45, 2.75) is 38.9 Å². The Hall–Kier alpha value is -2.68.